The number of nitrogens with two attached hydrogens (primary N) is 1. The van der Waals surface area contributed by atoms with Gasteiger partial charge in [-0.25, -0.2) is 15.0 Å². The summed E-state index contributed by atoms with van der Waals surface area (Å²) in [6, 6.07) is 5.60. The van der Waals surface area contributed by atoms with Crippen molar-refractivity contribution in [1.29, 1.82) is 0 Å². The summed E-state index contributed by atoms with van der Waals surface area (Å²) in [6.45, 7) is 4.10. The van der Waals surface area contributed by atoms with E-state index in [0.717, 1.165) is 5.69 Å². The summed E-state index contributed by atoms with van der Waals surface area (Å²) in [7, 11) is 0. The first-order valence-electron chi connectivity index (χ1n) is 5.72. The first-order chi connectivity index (χ1) is 8.68. The molecule has 2 aromatic rings. The number of hydrogen-bond donors (Lipinski definition) is 1. The molecule has 2 heterocycles. The zero-order valence-electron chi connectivity index (χ0n) is 10.4. The summed E-state index contributed by atoms with van der Waals surface area (Å²) < 4.78 is 0. The van der Waals surface area contributed by atoms with Crippen molar-refractivity contribution in [3.05, 3.63) is 47.7 Å². The van der Waals surface area contributed by atoms with E-state index < -0.39 is 0 Å². The van der Waals surface area contributed by atoms with Crippen molar-refractivity contribution in [2.45, 2.75) is 19.8 Å². The third-order valence-electron chi connectivity index (χ3n) is 2.43. The number of pyridine rings is 1. The van der Waals surface area contributed by atoms with Crippen LogP contribution in [-0.4, -0.2) is 15.0 Å². The van der Waals surface area contributed by atoms with E-state index in [0.29, 0.717) is 17.1 Å². The molecular formula is C14H14N4. The van der Waals surface area contributed by atoms with Crippen molar-refractivity contribution in [3.63, 3.8) is 0 Å². The van der Waals surface area contributed by atoms with Crippen molar-refractivity contribution < 1.29 is 0 Å². The van der Waals surface area contributed by atoms with Crippen LogP contribution < -0.4 is 5.73 Å². The molecule has 0 aliphatic carbocycles. The summed E-state index contributed by atoms with van der Waals surface area (Å²) in [4.78, 5) is 12.4. The van der Waals surface area contributed by atoms with E-state index in [2.05, 4.69) is 26.8 Å². The molecule has 0 unspecified atom stereocenters. The van der Waals surface area contributed by atoms with Gasteiger partial charge >= 0.3 is 0 Å². The quantitative estimate of drug-likeness (QED) is 0.771. The number of rotatable bonds is 1. The minimum Gasteiger partial charge on any atom is -0.383 e. The van der Waals surface area contributed by atoms with E-state index in [-0.39, 0.29) is 5.92 Å². The van der Waals surface area contributed by atoms with Crippen molar-refractivity contribution in [1.82, 2.24) is 15.0 Å². The lowest BCUT2D eigenvalue weighted by Gasteiger charge is -2.07. The molecule has 4 heteroatoms. The molecule has 0 aromatic carbocycles. The predicted octanol–water partition coefficient (Wildman–Crippen LogP) is 1.98. The summed E-state index contributed by atoms with van der Waals surface area (Å²) >= 11 is 0. The standard InChI is InChI=1S/C14H14N4/c1-10(2)13-12(14(15)18-9-17-13)7-6-11-5-3-4-8-16-11/h3-5,8-10H,1-2H3,(H2,15,17,18). The molecule has 2 N–H and O–H groups in total. The van der Waals surface area contributed by atoms with Crippen LogP contribution >= 0.6 is 0 Å². The van der Waals surface area contributed by atoms with Gasteiger partial charge in [0.2, 0.25) is 0 Å². The van der Waals surface area contributed by atoms with Crippen LogP contribution in [-0.2, 0) is 0 Å². The van der Waals surface area contributed by atoms with E-state index in [1.54, 1.807) is 6.20 Å². The van der Waals surface area contributed by atoms with Gasteiger partial charge in [-0.3, -0.25) is 0 Å². The fourth-order valence-electron chi connectivity index (χ4n) is 1.54. The van der Waals surface area contributed by atoms with Crippen LogP contribution in [0.1, 0.15) is 36.7 Å². The number of hydrogen-bond acceptors (Lipinski definition) is 4. The molecule has 0 radical (unpaired) electrons. The monoisotopic (exact) mass is 238 g/mol. The zero-order chi connectivity index (χ0) is 13.0. The maximum atomic E-state index is 5.85. The van der Waals surface area contributed by atoms with Gasteiger partial charge in [0.25, 0.3) is 0 Å². The van der Waals surface area contributed by atoms with Crippen LogP contribution in [0.5, 0.6) is 0 Å². The summed E-state index contributed by atoms with van der Waals surface area (Å²) in [5.74, 6) is 6.66. The van der Waals surface area contributed by atoms with Gasteiger partial charge in [-0.05, 0) is 24.0 Å². The van der Waals surface area contributed by atoms with Crippen LogP contribution in [0.4, 0.5) is 5.82 Å². The van der Waals surface area contributed by atoms with E-state index in [9.17, 15) is 0 Å². The first kappa shape index (κ1) is 12.1. The second-order valence-electron chi connectivity index (χ2n) is 4.14. The minimum absolute atomic E-state index is 0.253. The Balaban J connectivity index is 2.44. The lowest BCUT2D eigenvalue weighted by molar-refractivity contribution is 0.811. The highest BCUT2D eigenvalue weighted by Crippen LogP contribution is 2.19. The highest BCUT2D eigenvalue weighted by atomic mass is 14.9. The zero-order valence-corrected chi connectivity index (χ0v) is 10.4. The molecule has 0 aliphatic heterocycles. The maximum Gasteiger partial charge on any atom is 0.142 e. The molecule has 0 saturated heterocycles. The van der Waals surface area contributed by atoms with Crippen molar-refractivity contribution >= 4 is 5.82 Å². The molecular weight excluding hydrogens is 224 g/mol. The average Bonchev–Trinajstić information content (AvgIpc) is 2.38. The third-order valence-corrected chi connectivity index (χ3v) is 2.43. The molecule has 0 atom stereocenters. The molecule has 0 fully saturated rings. The predicted molar refractivity (Wildman–Crippen MR) is 70.8 cm³/mol. The van der Waals surface area contributed by atoms with Gasteiger partial charge in [-0.1, -0.05) is 25.8 Å². The average molecular weight is 238 g/mol. The molecule has 0 spiro atoms. The molecule has 0 amide bonds. The number of nitrogens with zero attached hydrogens (tertiary/aromatic N) is 3. The van der Waals surface area contributed by atoms with Gasteiger partial charge in [0.15, 0.2) is 0 Å². The van der Waals surface area contributed by atoms with E-state index in [1.807, 2.05) is 32.0 Å². The van der Waals surface area contributed by atoms with Gasteiger partial charge in [-0.2, -0.15) is 0 Å². The normalized spacial score (nSPS) is 9.94. The fourth-order valence-corrected chi connectivity index (χ4v) is 1.54. The Morgan fingerprint density at radius 1 is 1.11 bits per heavy atom. The van der Waals surface area contributed by atoms with Crippen LogP contribution in [0, 0.1) is 11.8 Å². The largest absolute Gasteiger partial charge is 0.383 e. The Morgan fingerprint density at radius 3 is 2.61 bits per heavy atom. The van der Waals surface area contributed by atoms with Gasteiger partial charge in [0.05, 0.1) is 11.3 Å². The number of aromatic nitrogens is 3. The Morgan fingerprint density at radius 2 is 1.94 bits per heavy atom. The van der Waals surface area contributed by atoms with Crippen molar-refractivity contribution in [2.75, 3.05) is 5.73 Å². The summed E-state index contributed by atoms with van der Waals surface area (Å²) in [5.41, 5.74) is 8.11. The van der Waals surface area contributed by atoms with Crippen LogP contribution in [0.25, 0.3) is 0 Å². The summed E-state index contributed by atoms with van der Waals surface area (Å²) in [5, 5.41) is 0. The fraction of sp³-hybridized carbons (Fsp3) is 0.214. The van der Waals surface area contributed by atoms with Crippen LogP contribution in [0.3, 0.4) is 0 Å². The highest BCUT2D eigenvalue weighted by molar-refractivity contribution is 5.55. The van der Waals surface area contributed by atoms with Crippen LogP contribution in [0.2, 0.25) is 0 Å². The van der Waals surface area contributed by atoms with Crippen molar-refractivity contribution in [3.8, 4) is 11.8 Å². The Bertz CT molecular complexity index is 594. The van der Waals surface area contributed by atoms with Crippen molar-refractivity contribution in [2.24, 2.45) is 0 Å². The van der Waals surface area contributed by atoms with E-state index in [1.165, 1.54) is 6.33 Å². The number of anilines is 1. The first-order valence-corrected chi connectivity index (χ1v) is 5.72. The Kier molecular flexibility index (Phi) is 3.54. The molecule has 2 aromatic heterocycles. The molecule has 2 rings (SSSR count). The van der Waals surface area contributed by atoms with E-state index in [4.69, 9.17) is 5.73 Å². The molecule has 4 nitrogen and oxygen atoms in total. The van der Waals surface area contributed by atoms with Gasteiger partial charge in [0, 0.05) is 6.20 Å². The smallest absolute Gasteiger partial charge is 0.142 e. The Labute approximate surface area is 106 Å². The van der Waals surface area contributed by atoms with E-state index >= 15 is 0 Å². The molecule has 0 bridgehead atoms. The molecule has 0 aliphatic rings. The topological polar surface area (TPSA) is 64.7 Å². The SMILES string of the molecule is CC(C)c1ncnc(N)c1C#Cc1ccccn1. The van der Waals surface area contributed by atoms with Gasteiger partial charge in [-0.15, -0.1) is 0 Å². The van der Waals surface area contributed by atoms with Gasteiger partial charge in [0.1, 0.15) is 17.8 Å². The highest BCUT2D eigenvalue weighted by Gasteiger charge is 2.09. The second kappa shape index (κ2) is 5.28. The lowest BCUT2D eigenvalue weighted by Crippen LogP contribution is -2.04. The molecule has 0 saturated carbocycles. The second-order valence-corrected chi connectivity index (χ2v) is 4.14. The van der Waals surface area contributed by atoms with Crippen LogP contribution in [0.15, 0.2) is 30.7 Å². The minimum atomic E-state index is 0.253. The van der Waals surface area contributed by atoms with Gasteiger partial charge < -0.3 is 5.73 Å². The molecule has 18 heavy (non-hydrogen) atoms. The summed E-state index contributed by atoms with van der Waals surface area (Å²) in [6.07, 6.45) is 3.18. The Hall–Kier alpha value is -2.41. The lowest BCUT2D eigenvalue weighted by atomic mass is 10.0. The maximum absolute atomic E-state index is 5.85. The third kappa shape index (κ3) is 2.64. The number of nitrogen functional groups attached to an aromatic ring is 1. The molecule has 90 valence electrons.